The van der Waals surface area contributed by atoms with Crippen LogP contribution in [0.4, 0.5) is 18.9 Å². The van der Waals surface area contributed by atoms with Crippen LogP contribution in [0.1, 0.15) is 18.1 Å². The van der Waals surface area contributed by atoms with Crippen molar-refractivity contribution in [2.75, 3.05) is 5.32 Å². The van der Waals surface area contributed by atoms with Gasteiger partial charge in [0, 0.05) is 11.7 Å². The lowest BCUT2D eigenvalue weighted by Gasteiger charge is -2.12. The van der Waals surface area contributed by atoms with Crippen LogP contribution < -0.4 is 5.32 Å². The number of alkyl halides is 3. The van der Waals surface area contributed by atoms with Gasteiger partial charge in [0.1, 0.15) is 0 Å². The number of halogens is 3. The summed E-state index contributed by atoms with van der Waals surface area (Å²) in [4.78, 5) is 0. The summed E-state index contributed by atoms with van der Waals surface area (Å²) in [6.07, 6.45) is -3.60. The molecule has 1 aromatic rings. The SMILES string of the molecule is C[C@@H]1Cc2cccc(C(F)(F)F)c2N1. The molecule has 2 rings (SSSR count). The summed E-state index contributed by atoms with van der Waals surface area (Å²) in [6, 6.07) is 4.40. The van der Waals surface area contributed by atoms with Gasteiger partial charge >= 0.3 is 6.18 Å². The fourth-order valence-electron chi connectivity index (χ4n) is 1.80. The first-order valence-electron chi connectivity index (χ1n) is 4.44. The Labute approximate surface area is 79.9 Å². The van der Waals surface area contributed by atoms with Gasteiger partial charge in [-0.15, -0.1) is 0 Å². The molecular weight excluding hydrogens is 191 g/mol. The summed E-state index contributed by atoms with van der Waals surface area (Å²) < 4.78 is 37.6. The highest BCUT2D eigenvalue weighted by Crippen LogP contribution is 2.39. The molecule has 1 atom stereocenters. The van der Waals surface area contributed by atoms with Gasteiger partial charge in [0.25, 0.3) is 0 Å². The number of rotatable bonds is 0. The fraction of sp³-hybridized carbons (Fsp3) is 0.400. The van der Waals surface area contributed by atoms with Gasteiger partial charge in [-0.05, 0) is 25.0 Å². The molecule has 0 fully saturated rings. The number of anilines is 1. The molecule has 1 N–H and O–H groups in total. The molecule has 4 heteroatoms. The van der Waals surface area contributed by atoms with Crippen molar-refractivity contribution in [2.24, 2.45) is 0 Å². The Bertz CT molecular complexity index is 357. The van der Waals surface area contributed by atoms with Crippen LogP contribution in [0.3, 0.4) is 0 Å². The molecule has 0 aromatic heterocycles. The lowest BCUT2D eigenvalue weighted by molar-refractivity contribution is -0.136. The zero-order valence-electron chi connectivity index (χ0n) is 7.65. The molecule has 1 heterocycles. The number of hydrogen-bond acceptors (Lipinski definition) is 1. The van der Waals surface area contributed by atoms with Crippen molar-refractivity contribution in [1.29, 1.82) is 0 Å². The summed E-state index contributed by atoms with van der Waals surface area (Å²) >= 11 is 0. The predicted octanol–water partition coefficient (Wildman–Crippen LogP) is 3.06. The fourth-order valence-corrected chi connectivity index (χ4v) is 1.80. The van der Waals surface area contributed by atoms with Crippen molar-refractivity contribution >= 4 is 5.69 Å². The normalized spacial score (nSPS) is 20.4. The summed E-state index contributed by atoms with van der Waals surface area (Å²) in [5, 5.41) is 2.85. The Morgan fingerprint density at radius 1 is 1.36 bits per heavy atom. The van der Waals surface area contributed by atoms with Crippen LogP contribution >= 0.6 is 0 Å². The van der Waals surface area contributed by atoms with Crippen LogP contribution in [-0.2, 0) is 12.6 Å². The molecule has 0 saturated carbocycles. The Morgan fingerprint density at radius 2 is 2.07 bits per heavy atom. The topological polar surface area (TPSA) is 12.0 Å². The van der Waals surface area contributed by atoms with Crippen LogP contribution in [0.15, 0.2) is 18.2 Å². The molecule has 0 radical (unpaired) electrons. The van der Waals surface area contributed by atoms with Gasteiger partial charge in [0.15, 0.2) is 0 Å². The van der Waals surface area contributed by atoms with E-state index in [0.29, 0.717) is 6.42 Å². The Hall–Kier alpha value is -1.19. The maximum Gasteiger partial charge on any atom is 0.418 e. The summed E-state index contributed by atoms with van der Waals surface area (Å²) in [6.45, 7) is 1.88. The van der Waals surface area contributed by atoms with Crippen LogP contribution in [0.2, 0.25) is 0 Å². The van der Waals surface area contributed by atoms with E-state index in [1.807, 2.05) is 6.92 Å². The molecule has 0 amide bonds. The second kappa shape index (κ2) is 2.90. The van der Waals surface area contributed by atoms with Crippen LogP contribution in [-0.4, -0.2) is 6.04 Å². The Morgan fingerprint density at radius 3 is 2.71 bits per heavy atom. The minimum atomic E-state index is -4.26. The molecule has 1 nitrogen and oxygen atoms in total. The highest BCUT2D eigenvalue weighted by molar-refractivity contribution is 5.63. The minimum Gasteiger partial charge on any atom is -0.382 e. The maximum atomic E-state index is 12.5. The highest BCUT2D eigenvalue weighted by atomic mass is 19.4. The standard InChI is InChI=1S/C10H10F3N/c1-6-5-7-3-2-4-8(9(7)14-6)10(11,12)13/h2-4,6,14H,5H2,1H3/t6-/m1/s1. The zero-order chi connectivity index (χ0) is 10.3. The van der Waals surface area contributed by atoms with Gasteiger partial charge in [-0.2, -0.15) is 13.2 Å². The van der Waals surface area contributed by atoms with Crippen molar-refractivity contribution in [1.82, 2.24) is 0 Å². The van der Waals surface area contributed by atoms with E-state index in [4.69, 9.17) is 0 Å². The summed E-state index contributed by atoms with van der Waals surface area (Å²) in [5.74, 6) is 0. The second-order valence-corrected chi connectivity index (χ2v) is 3.59. The zero-order valence-corrected chi connectivity index (χ0v) is 7.65. The summed E-state index contributed by atoms with van der Waals surface area (Å²) in [7, 11) is 0. The van der Waals surface area contributed by atoms with E-state index in [1.165, 1.54) is 6.07 Å². The Balaban J connectivity index is 2.50. The number of para-hydroxylation sites is 1. The molecule has 1 aliphatic rings. The third kappa shape index (κ3) is 1.45. The molecule has 0 spiro atoms. The van der Waals surface area contributed by atoms with Crippen molar-refractivity contribution < 1.29 is 13.2 Å². The molecule has 1 aliphatic heterocycles. The largest absolute Gasteiger partial charge is 0.418 e. The molecule has 0 bridgehead atoms. The molecule has 0 saturated heterocycles. The van der Waals surface area contributed by atoms with Crippen LogP contribution in [0, 0.1) is 0 Å². The number of benzene rings is 1. The molecule has 0 aliphatic carbocycles. The lowest BCUT2D eigenvalue weighted by Crippen LogP contribution is -2.12. The smallest absolute Gasteiger partial charge is 0.382 e. The number of hydrogen-bond donors (Lipinski definition) is 1. The van der Waals surface area contributed by atoms with Crippen LogP contribution in [0.25, 0.3) is 0 Å². The summed E-state index contributed by atoms with van der Waals surface area (Å²) in [5.41, 5.74) is 0.458. The molecule has 14 heavy (non-hydrogen) atoms. The monoisotopic (exact) mass is 201 g/mol. The number of fused-ring (bicyclic) bond motifs is 1. The van der Waals surface area contributed by atoms with Crippen molar-refractivity contribution in [2.45, 2.75) is 25.6 Å². The first-order valence-corrected chi connectivity index (χ1v) is 4.44. The van der Waals surface area contributed by atoms with Crippen molar-refractivity contribution in [3.8, 4) is 0 Å². The van der Waals surface area contributed by atoms with E-state index in [-0.39, 0.29) is 11.7 Å². The van der Waals surface area contributed by atoms with Crippen molar-refractivity contribution in [3.05, 3.63) is 29.3 Å². The lowest BCUT2D eigenvalue weighted by atomic mass is 10.1. The van der Waals surface area contributed by atoms with Gasteiger partial charge in [0.2, 0.25) is 0 Å². The van der Waals surface area contributed by atoms with Crippen molar-refractivity contribution in [3.63, 3.8) is 0 Å². The van der Waals surface area contributed by atoms with Gasteiger partial charge in [-0.25, -0.2) is 0 Å². The quantitative estimate of drug-likeness (QED) is 0.680. The third-order valence-electron chi connectivity index (χ3n) is 2.37. The van der Waals surface area contributed by atoms with E-state index in [9.17, 15) is 13.2 Å². The average molecular weight is 201 g/mol. The Kier molecular flexibility index (Phi) is 1.94. The molecular formula is C10H10F3N. The average Bonchev–Trinajstić information content (AvgIpc) is 2.41. The predicted molar refractivity (Wildman–Crippen MR) is 48.2 cm³/mol. The second-order valence-electron chi connectivity index (χ2n) is 3.59. The van der Waals surface area contributed by atoms with Gasteiger partial charge in [0.05, 0.1) is 5.56 Å². The molecule has 0 unspecified atom stereocenters. The third-order valence-corrected chi connectivity index (χ3v) is 2.37. The van der Waals surface area contributed by atoms with Gasteiger partial charge < -0.3 is 5.32 Å². The molecule has 1 aromatic carbocycles. The van der Waals surface area contributed by atoms with E-state index < -0.39 is 11.7 Å². The van der Waals surface area contributed by atoms with E-state index in [0.717, 1.165) is 11.6 Å². The highest BCUT2D eigenvalue weighted by Gasteiger charge is 2.36. The van der Waals surface area contributed by atoms with Gasteiger partial charge in [-0.3, -0.25) is 0 Å². The number of nitrogens with one attached hydrogen (secondary N) is 1. The maximum absolute atomic E-state index is 12.5. The first-order chi connectivity index (χ1) is 6.48. The van der Waals surface area contributed by atoms with Gasteiger partial charge in [-0.1, -0.05) is 12.1 Å². The van der Waals surface area contributed by atoms with Crippen LogP contribution in [0.5, 0.6) is 0 Å². The van der Waals surface area contributed by atoms with E-state index in [2.05, 4.69) is 5.32 Å². The first kappa shape index (κ1) is 9.37. The van der Waals surface area contributed by atoms with E-state index in [1.54, 1.807) is 6.07 Å². The van der Waals surface area contributed by atoms with E-state index >= 15 is 0 Å². The minimum absolute atomic E-state index is 0.0912. The molecule has 76 valence electrons.